The van der Waals surface area contributed by atoms with Gasteiger partial charge in [-0.3, -0.25) is 4.79 Å². The maximum atomic E-state index is 12.4. The van der Waals surface area contributed by atoms with Gasteiger partial charge in [0.1, 0.15) is 12.4 Å². The molecule has 0 radical (unpaired) electrons. The first-order valence-electron chi connectivity index (χ1n) is 9.81. The van der Waals surface area contributed by atoms with Crippen LogP contribution in [0.1, 0.15) is 20.3 Å². The van der Waals surface area contributed by atoms with E-state index < -0.39 is 18.0 Å². The van der Waals surface area contributed by atoms with Gasteiger partial charge in [-0.05, 0) is 25.5 Å². The van der Waals surface area contributed by atoms with Crippen LogP contribution in [-0.4, -0.2) is 58.6 Å². The number of nitrogens with zero attached hydrogens (tertiary/aromatic N) is 1. The van der Waals surface area contributed by atoms with E-state index in [4.69, 9.17) is 9.47 Å². The van der Waals surface area contributed by atoms with E-state index in [0.717, 1.165) is 12.2 Å². The number of aliphatic hydroxyl groups is 1. The van der Waals surface area contributed by atoms with E-state index in [1.165, 1.54) is 16.7 Å². The second-order valence-electron chi connectivity index (χ2n) is 7.81. The number of aliphatic carboxylic acids is 1. The summed E-state index contributed by atoms with van der Waals surface area (Å²) in [5.74, 6) is -1.63. The zero-order valence-corrected chi connectivity index (χ0v) is 20.1. The maximum Gasteiger partial charge on any atom is 1.00 e. The molecule has 3 aliphatic heterocycles. The minimum atomic E-state index is -1.35. The fourth-order valence-corrected chi connectivity index (χ4v) is 5.89. The van der Waals surface area contributed by atoms with Gasteiger partial charge in [0.25, 0.3) is 0 Å². The van der Waals surface area contributed by atoms with Crippen LogP contribution in [-0.2, 0) is 14.3 Å². The molecule has 0 aliphatic carbocycles. The summed E-state index contributed by atoms with van der Waals surface area (Å²) in [4.78, 5) is 26.1. The molecule has 3 aliphatic rings. The number of amides is 1. The molecule has 4 rings (SSSR count). The topological polar surface area (TPSA) is 99.1 Å². The molecular formula is C21H24NNaO6S. The first-order chi connectivity index (χ1) is 13.9. The third-order valence-electron chi connectivity index (χ3n) is 5.82. The van der Waals surface area contributed by atoms with Crippen LogP contribution in [0.2, 0.25) is 0 Å². The van der Waals surface area contributed by atoms with Crippen molar-refractivity contribution in [1.82, 2.24) is 4.90 Å². The summed E-state index contributed by atoms with van der Waals surface area (Å²) in [5.41, 5.74) is -0.0432. The normalized spacial score (nSPS) is 31.1. The van der Waals surface area contributed by atoms with Gasteiger partial charge < -0.3 is 29.4 Å². The van der Waals surface area contributed by atoms with Gasteiger partial charge in [-0.1, -0.05) is 25.1 Å². The number of hydrogen-bond donors (Lipinski definition) is 1. The molecule has 30 heavy (non-hydrogen) atoms. The second kappa shape index (κ2) is 9.63. The van der Waals surface area contributed by atoms with Crippen molar-refractivity contribution in [3.63, 3.8) is 0 Å². The fourth-order valence-electron chi connectivity index (χ4n) is 4.43. The van der Waals surface area contributed by atoms with E-state index in [9.17, 15) is 19.8 Å². The van der Waals surface area contributed by atoms with E-state index in [-0.39, 0.29) is 64.5 Å². The van der Waals surface area contributed by atoms with Crippen molar-refractivity contribution in [2.24, 2.45) is 11.8 Å². The molecule has 1 aromatic rings. The average Bonchev–Trinajstić information content (AvgIpc) is 3.22. The number of aliphatic hydroxyl groups excluding tert-OH is 1. The van der Waals surface area contributed by atoms with Crippen molar-refractivity contribution in [2.75, 3.05) is 13.2 Å². The van der Waals surface area contributed by atoms with Gasteiger partial charge in [0.2, 0.25) is 5.91 Å². The van der Waals surface area contributed by atoms with Crippen LogP contribution in [0.15, 0.2) is 40.9 Å². The molecule has 7 nitrogen and oxygen atoms in total. The van der Waals surface area contributed by atoms with Gasteiger partial charge in [-0.25, -0.2) is 0 Å². The molecule has 6 atom stereocenters. The molecule has 9 heteroatoms. The number of benzene rings is 1. The van der Waals surface area contributed by atoms with Crippen molar-refractivity contribution in [1.29, 1.82) is 0 Å². The Morgan fingerprint density at radius 2 is 2.10 bits per heavy atom. The van der Waals surface area contributed by atoms with Crippen LogP contribution in [0.3, 0.4) is 0 Å². The van der Waals surface area contributed by atoms with Gasteiger partial charge in [0.15, 0.2) is 0 Å². The molecule has 1 aromatic carbocycles. The molecule has 6 unspecified atom stereocenters. The van der Waals surface area contributed by atoms with Gasteiger partial charge >= 0.3 is 29.6 Å². The van der Waals surface area contributed by atoms with E-state index in [2.05, 4.69) is 0 Å². The van der Waals surface area contributed by atoms with Gasteiger partial charge in [-0.15, -0.1) is 11.8 Å². The number of ether oxygens (including phenoxy) is 2. The van der Waals surface area contributed by atoms with Gasteiger partial charge in [-0.2, -0.15) is 0 Å². The maximum absolute atomic E-state index is 12.4. The molecular weight excluding hydrogens is 417 g/mol. The number of carboxylic acid groups (broad SMARTS) is 1. The summed E-state index contributed by atoms with van der Waals surface area (Å²) in [7, 11) is 0. The second-order valence-corrected chi connectivity index (χ2v) is 9.15. The minimum absolute atomic E-state index is 0. The van der Waals surface area contributed by atoms with E-state index in [1.54, 1.807) is 6.92 Å². The molecule has 0 aromatic heterocycles. The predicted molar refractivity (Wildman–Crippen MR) is 105 cm³/mol. The Labute approximate surface area is 202 Å². The Morgan fingerprint density at radius 1 is 1.40 bits per heavy atom. The summed E-state index contributed by atoms with van der Waals surface area (Å²) in [6.07, 6.45) is -0.153. The number of para-hydroxylation sites is 1. The standard InChI is InChI=1S/C21H25NO6S.Na/c1-11-17-16(12(2)23)20(24)22(17)18(21(25)26)19(11)29-15-8-14(28-10-15)9-27-13-6-4-3-5-7-13;/h3-7,11-12,14-17,23H,8-10H2,1-2H3,(H,25,26);/q;+1/p-1. The monoisotopic (exact) mass is 441 g/mol. The van der Waals surface area contributed by atoms with Gasteiger partial charge in [0, 0.05) is 16.1 Å². The Hall–Kier alpha value is -1.03. The smallest absolute Gasteiger partial charge is 0.543 e. The summed E-state index contributed by atoms with van der Waals surface area (Å²) in [5, 5.41) is 21.8. The van der Waals surface area contributed by atoms with Crippen molar-refractivity contribution in [3.05, 3.63) is 40.9 Å². The Kier molecular flexibility index (Phi) is 7.58. The zero-order valence-electron chi connectivity index (χ0n) is 17.3. The van der Waals surface area contributed by atoms with Crippen molar-refractivity contribution >= 4 is 23.6 Å². The number of hydrogen-bond acceptors (Lipinski definition) is 7. The number of fused-ring (bicyclic) bond motifs is 1. The van der Waals surface area contributed by atoms with Crippen LogP contribution >= 0.6 is 11.8 Å². The SMILES string of the molecule is CC(O)C1C(=O)N2C(C(=O)[O-])=C(SC3COC(COc4ccccc4)C3)C(C)C12.[Na+]. The zero-order chi connectivity index (χ0) is 20.7. The quantitative estimate of drug-likeness (QED) is 0.378. The van der Waals surface area contributed by atoms with Crippen LogP contribution < -0.4 is 39.4 Å². The number of thioether (sulfide) groups is 1. The van der Waals surface area contributed by atoms with Gasteiger partial charge in [0.05, 0.1) is 42.4 Å². The average molecular weight is 441 g/mol. The van der Waals surface area contributed by atoms with Crippen molar-refractivity contribution < 1.29 is 58.8 Å². The Morgan fingerprint density at radius 3 is 2.73 bits per heavy atom. The van der Waals surface area contributed by atoms with Crippen molar-refractivity contribution in [3.8, 4) is 5.75 Å². The largest absolute Gasteiger partial charge is 1.00 e. The predicted octanol–water partition coefficient (Wildman–Crippen LogP) is -2.22. The first kappa shape index (κ1) is 23.6. The van der Waals surface area contributed by atoms with E-state index >= 15 is 0 Å². The number of β-lactam (4-membered cyclic amide) rings is 1. The molecule has 0 saturated carbocycles. The summed E-state index contributed by atoms with van der Waals surface area (Å²) >= 11 is 1.45. The van der Waals surface area contributed by atoms with Crippen LogP contribution in [0.4, 0.5) is 0 Å². The van der Waals surface area contributed by atoms with Crippen LogP contribution in [0.25, 0.3) is 0 Å². The van der Waals surface area contributed by atoms with Crippen LogP contribution in [0.5, 0.6) is 5.75 Å². The number of carbonyl (C=O) groups is 2. The first-order valence-corrected chi connectivity index (χ1v) is 10.7. The number of carbonyl (C=O) groups excluding carboxylic acids is 2. The van der Waals surface area contributed by atoms with Crippen molar-refractivity contribution in [2.45, 2.75) is 43.8 Å². The van der Waals surface area contributed by atoms with E-state index in [1.807, 2.05) is 37.3 Å². The molecule has 156 valence electrons. The molecule has 0 spiro atoms. The summed E-state index contributed by atoms with van der Waals surface area (Å²) < 4.78 is 11.6. The Bertz CT molecular complexity index is 832. The summed E-state index contributed by atoms with van der Waals surface area (Å²) in [6.45, 7) is 4.39. The number of carboxylic acids is 1. The Balaban J connectivity index is 0.00000256. The molecule has 0 bridgehead atoms. The molecule has 2 saturated heterocycles. The fraction of sp³-hybridized carbons (Fsp3) is 0.524. The molecule has 1 amide bonds. The third-order valence-corrected chi connectivity index (χ3v) is 7.30. The molecule has 3 heterocycles. The van der Waals surface area contributed by atoms with Crippen LogP contribution in [0, 0.1) is 11.8 Å². The van der Waals surface area contributed by atoms with E-state index in [0.29, 0.717) is 18.1 Å². The third kappa shape index (κ3) is 4.31. The number of rotatable bonds is 7. The minimum Gasteiger partial charge on any atom is -0.543 e. The molecule has 2 fully saturated rings. The molecule has 1 N–H and O–H groups in total. The summed E-state index contributed by atoms with van der Waals surface area (Å²) in [6, 6.07) is 9.19.